The average Bonchev–Trinajstić information content (AvgIpc) is 2.65. The summed E-state index contributed by atoms with van der Waals surface area (Å²) < 4.78 is 39.8. The van der Waals surface area contributed by atoms with E-state index in [9.17, 15) is 13.2 Å². The van der Waals surface area contributed by atoms with Crippen molar-refractivity contribution >= 4 is 11.6 Å². The standard InChI is InChI=1S/C10H17ClF3NO/c11-7-9(3-1-2-4-9)15-5-6-16-8-10(12,13)14/h15H,1-8H2. The Labute approximate surface area is 98.5 Å². The van der Waals surface area contributed by atoms with Crippen LogP contribution in [0, 0.1) is 0 Å². The molecule has 0 atom stereocenters. The van der Waals surface area contributed by atoms with Crippen LogP contribution >= 0.6 is 11.6 Å². The fourth-order valence-corrected chi connectivity index (χ4v) is 2.35. The molecule has 0 amide bonds. The fourth-order valence-electron chi connectivity index (χ4n) is 1.99. The third-order valence-electron chi connectivity index (χ3n) is 2.83. The minimum atomic E-state index is -4.24. The minimum Gasteiger partial charge on any atom is -0.371 e. The zero-order valence-electron chi connectivity index (χ0n) is 9.08. The third-order valence-corrected chi connectivity index (χ3v) is 3.34. The topological polar surface area (TPSA) is 21.3 Å². The van der Waals surface area contributed by atoms with Gasteiger partial charge in [0.15, 0.2) is 0 Å². The van der Waals surface area contributed by atoms with Crippen molar-refractivity contribution in [2.45, 2.75) is 37.4 Å². The molecule has 1 N–H and O–H groups in total. The summed E-state index contributed by atoms with van der Waals surface area (Å²) in [6.07, 6.45) is 0.00925. The van der Waals surface area contributed by atoms with Gasteiger partial charge >= 0.3 is 6.18 Å². The summed E-state index contributed by atoms with van der Waals surface area (Å²) >= 11 is 5.87. The maximum absolute atomic E-state index is 11.8. The van der Waals surface area contributed by atoms with E-state index in [-0.39, 0.29) is 12.1 Å². The summed E-state index contributed by atoms with van der Waals surface area (Å²) in [5, 5.41) is 3.21. The predicted octanol–water partition coefficient (Wildman–Crippen LogP) is 2.71. The van der Waals surface area contributed by atoms with E-state index < -0.39 is 12.8 Å². The molecule has 1 rings (SSSR count). The van der Waals surface area contributed by atoms with Gasteiger partial charge in [0.1, 0.15) is 6.61 Å². The molecule has 16 heavy (non-hydrogen) atoms. The van der Waals surface area contributed by atoms with E-state index in [0.717, 1.165) is 25.7 Å². The summed E-state index contributed by atoms with van der Waals surface area (Å²) in [6.45, 7) is -0.691. The fraction of sp³-hybridized carbons (Fsp3) is 1.00. The number of halogens is 4. The van der Waals surface area contributed by atoms with E-state index in [0.29, 0.717) is 12.4 Å². The molecule has 0 radical (unpaired) electrons. The van der Waals surface area contributed by atoms with E-state index in [2.05, 4.69) is 10.1 Å². The zero-order chi connectivity index (χ0) is 12.1. The Kier molecular flexibility index (Phi) is 5.34. The van der Waals surface area contributed by atoms with Crippen LogP contribution in [0.15, 0.2) is 0 Å². The van der Waals surface area contributed by atoms with Crippen molar-refractivity contribution in [3.8, 4) is 0 Å². The molecule has 0 spiro atoms. The lowest BCUT2D eigenvalue weighted by Gasteiger charge is -2.27. The highest BCUT2D eigenvalue weighted by Gasteiger charge is 2.32. The summed E-state index contributed by atoms with van der Waals surface area (Å²) in [7, 11) is 0. The second-order valence-electron chi connectivity index (χ2n) is 4.22. The first-order valence-electron chi connectivity index (χ1n) is 5.43. The van der Waals surface area contributed by atoms with Crippen LogP contribution in [0.25, 0.3) is 0 Å². The summed E-state index contributed by atoms with van der Waals surface area (Å²) in [6, 6.07) is 0. The Morgan fingerprint density at radius 2 is 1.88 bits per heavy atom. The van der Waals surface area contributed by atoms with E-state index >= 15 is 0 Å². The first kappa shape index (κ1) is 14.1. The van der Waals surface area contributed by atoms with Crippen molar-refractivity contribution in [1.29, 1.82) is 0 Å². The van der Waals surface area contributed by atoms with Crippen LogP contribution < -0.4 is 5.32 Å². The van der Waals surface area contributed by atoms with Gasteiger partial charge in [0.2, 0.25) is 0 Å². The lowest BCUT2D eigenvalue weighted by Crippen LogP contribution is -2.46. The van der Waals surface area contributed by atoms with Crippen LogP contribution in [-0.2, 0) is 4.74 Å². The maximum atomic E-state index is 11.8. The quantitative estimate of drug-likeness (QED) is 0.585. The summed E-state index contributed by atoms with van der Waals surface area (Å²) in [5.41, 5.74) is -0.0802. The Morgan fingerprint density at radius 3 is 2.38 bits per heavy atom. The zero-order valence-corrected chi connectivity index (χ0v) is 9.83. The molecular formula is C10H17ClF3NO. The van der Waals surface area contributed by atoms with Crippen LogP contribution in [0.2, 0.25) is 0 Å². The van der Waals surface area contributed by atoms with Crippen molar-refractivity contribution in [3.05, 3.63) is 0 Å². The minimum absolute atomic E-state index is 0.0676. The number of hydrogen-bond donors (Lipinski definition) is 1. The van der Waals surface area contributed by atoms with Gasteiger partial charge in [0, 0.05) is 18.0 Å². The predicted molar refractivity (Wildman–Crippen MR) is 56.8 cm³/mol. The monoisotopic (exact) mass is 259 g/mol. The van der Waals surface area contributed by atoms with Crippen LogP contribution in [-0.4, -0.2) is 37.4 Å². The van der Waals surface area contributed by atoms with Crippen molar-refractivity contribution in [1.82, 2.24) is 5.32 Å². The van der Waals surface area contributed by atoms with Crippen LogP contribution in [0.4, 0.5) is 13.2 Å². The van der Waals surface area contributed by atoms with Crippen molar-refractivity contribution in [3.63, 3.8) is 0 Å². The number of nitrogens with one attached hydrogen (secondary N) is 1. The maximum Gasteiger partial charge on any atom is 0.411 e. The molecule has 0 aromatic carbocycles. The molecule has 0 aliphatic heterocycles. The molecule has 1 fully saturated rings. The summed E-state index contributed by atoms with van der Waals surface area (Å²) in [4.78, 5) is 0. The van der Waals surface area contributed by atoms with Crippen LogP contribution in [0.1, 0.15) is 25.7 Å². The van der Waals surface area contributed by atoms with Gasteiger partial charge in [-0.05, 0) is 12.8 Å². The van der Waals surface area contributed by atoms with Gasteiger partial charge in [-0.3, -0.25) is 0 Å². The van der Waals surface area contributed by atoms with Crippen molar-refractivity contribution in [2.75, 3.05) is 25.6 Å². The van der Waals surface area contributed by atoms with E-state index in [1.807, 2.05) is 0 Å². The van der Waals surface area contributed by atoms with Gasteiger partial charge in [-0.1, -0.05) is 12.8 Å². The van der Waals surface area contributed by atoms with Gasteiger partial charge in [0.05, 0.1) is 6.61 Å². The number of ether oxygens (including phenoxy) is 1. The van der Waals surface area contributed by atoms with Gasteiger partial charge < -0.3 is 10.1 Å². The van der Waals surface area contributed by atoms with Gasteiger partial charge in [-0.15, -0.1) is 11.6 Å². The molecular weight excluding hydrogens is 243 g/mol. The number of hydrogen-bond acceptors (Lipinski definition) is 2. The largest absolute Gasteiger partial charge is 0.411 e. The first-order valence-corrected chi connectivity index (χ1v) is 5.96. The smallest absolute Gasteiger partial charge is 0.371 e. The Morgan fingerprint density at radius 1 is 1.25 bits per heavy atom. The highest BCUT2D eigenvalue weighted by molar-refractivity contribution is 6.18. The Balaban J connectivity index is 2.10. The number of alkyl halides is 4. The molecule has 0 aromatic heterocycles. The van der Waals surface area contributed by atoms with Crippen molar-refractivity contribution in [2.24, 2.45) is 0 Å². The molecule has 6 heteroatoms. The molecule has 0 unspecified atom stereocenters. The second kappa shape index (κ2) is 6.07. The molecule has 1 aliphatic rings. The Bertz CT molecular complexity index is 205. The number of rotatable bonds is 6. The van der Waals surface area contributed by atoms with E-state index in [1.54, 1.807) is 0 Å². The second-order valence-corrected chi connectivity index (χ2v) is 4.48. The normalized spacial score (nSPS) is 20.2. The molecule has 96 valence electrons. The summed E-state index contributed by atoms with van der Waals surface area (Å²) in [5.74, 6) is 0.506. The van der Waals surface area contributed by atoms with Crippen LogP contribution in [0.5, 0.6) is 0 Å². The first-order chi connectivity index (χ1) is 7.47. The molecule has 2 nitrogen and oxygen atoms in total. The Hall–Kier alpha value is 0. The lowest BCUT2D eigenvalue weighted by molar-refractivity contribution is -0.173. The molecule has 0 bridgehead atoms. The third kappa shape index (κ3) is 4.89. The molecule has 0 saturated heterocycles. The lowest BCUT2D eigenvalue weighted by atomic mass is 10.0. The van der Waals surface area contributed by atoms with E-state index in [4.69, 9.17) is 11.6 Å². The van der Waals surface area contributed by atoms with Crippen LogP contribution in [0.3, 0.4) is 0 Å². The SMILES string of the molecule is FC(F)(F)COCCNC1(CCl)CCCC1. The van der Waals surface area contributed by atoms with Gasteiger partial charge in [0.25, 0.3) is 0 Å². The molecule has 1 saturated carbocycles. The molecule has 0 heterocycles. The van der Waals surface area contributed by atoms with Gasteiger partial charge in [-0.2, -0.15) is 13.2 Å². The average molecular weight is 260 g/mol. The molecule has 1 aliphatic carbocycles. The molecule has 0 aromatic rings. The van der Waals surface area contributed by atoms with Gasteiger partial charge in [-0.25, -0.2) is 0 Å². The van der Waals surface area contributed by atoms with Crippen molar-refractivity contribution < 1.29 is 17.9 Å². The highest BCUT2D eigenvalue weighted by Crippen LogP contribution is 2.30. The van der Waals surface area contributed by atoms with E-state index in [1.165, 1.54) is 0 Å². The highest BCUT2D eigenvalue weighted by atomic mass is 35.5.